The summed E-state index contributed by atoms with van der Waals surface area (Å²) in [4.78, 5) is 24.8. The fraction of sp³-hybridized carbons (Fsp3) is 0.583. The van der Waals surface area contributed by atoms with E-state index in [1.54, 1.807) is 17.9 Å². The maximum atomic E-state index is 12.2. The molecule has 2 rings (SSSR count). The maximum Gasteiger partial charge on any atom is 0.326 e. The number of anilines is 1. The highest BCUT2D eigenvalue weighted by molar-refractivity contribution is 5.92. The summed E-state index contributed by atoms with van der Waals surface area (Å²) in [6, 6.07) is -1.11. The van der Waals surface area contributed by atoms with Crippen LogP contribution in [0.5, 0.6) is 0 Å². The molecular formula is C12H18N4O3. The van der Waals surface area contributed by atoms with E-state index >= 15 is 0 Å². The Morgan fingerprint density at radius 1 is 1.42 bits per heavy atom. The van der Waals surface area contributed by atoms with E-state index in [9.17, 15) is 14.7 Å². The van der Waals surface area contributed by atoms with Crippen LogP contribution in [0.3, 0.4) is 0 Å². The molecule has 1 aromatic rings. The van der Waals surface area contributed by atoms with E-state index in [4.69, 9.17) is 0 Å². The molecule has 1 unspecified atom stereocenters. The van der Waals surface area contributed by atoms with Crippen LogP contribution < -0.4 is 5.32 Å². The first kappa shape index (κ1) is 13.4. The molecule has 2 amide bonds. The highest BCUT2D eigenvalue weighted by atomic mass is 16.4. The smallest absolute Gasteiger partial charge is 0.326 e. The summed E-state index contributed by atoms with van der Waals surface area (Å²) >= 11 is 0. The quantitative estimate of drug-likeness (QED) is 0.844. The van der Waals surface area contributed by atoms with Crippen molar-refractivity contribution in [3.63, 3.8) is 0 Å². The monoisotopic (exact) mass is 266 g/mol. The highest BCUT2D eigenvalue weighted by Crippen LogP contribution is 2.18. The second kappa shape index (κ2) is 5.73. The zero-order valence-electron chi connectivity index (χ0n) is 10.9. The summed E-state index contributed by atoms with van der Waals surface area (Å²) in [5.41, 5.74) is 0.570. The Morgan fingerprint density at radius 3 is 2.84 bits per heavy atom. The van der Waals surface area contributed by atoms with Crippen molar-refractivity contribution < 1.29 is 14.7 Å². The Kier molecular flexibility index (Phi) is 4.03. The number of aryl methyl sites for hydroxylation is 1. The van der Waals surface area contributed by atoms with Gasteiger partial charge in [0.1, 0.15) is 6.04 Å². The molecule has 7 heteroatoms. The molecule has 1 saturated heterocycles. The molecule has 0 bridgehead atoms. The largest absolute Gasteiger partial charge is 0.480 e. The topological polar surface area (TPSA) is 87.5 Å². The molecular weight excluding hydrogens is 248 g/mol. The van der Waals surface area contributed by atoms with Crippen molar-refractivity contribution in [1.82, 2.24) is 14.7 Å². The summed E-state index contributed by atoms with van der Waals surface area (Å²) in [5, 5.41) is 15.9. The number of nitrogens with zero attached hydrogens (tertiary/aromatic N) is 3. The van der Waals surface area contributed by atoms with Crippen LogP contribution in [0, 0.1) is 0 Å². The first-order valence-corrected chi connectivity index (χ1v) is 6.37. The van der Waals surface area contributed by atoms with E-state index < -0.39 is 12.0 Å². The Morgan fingerprint density at radius 2 is 2.21 bits per heavy atom. The van der Waals surface area contributed by atoms with Crippen LogP contribution in [-0.4, -0.2) is 44.4 Å². The second-order valence-corrected chi connectivity index (χ2v) is 4.73. The van der Waals surface area contributed by atoms with Crippen LogP contribution in [0.4, 0.5) is 10.5 Å². The summed E-state index contributed by atoms with van der Waals surface area (Å²) < 4.78 is 1.58. The van der Waals surface area contributed by atoms with Gasteiger partial charge in [-0.25, -0.2) is 9.59 Å². The third-order valence-corrected chi connectivity index (χ3v) is 3.25. The first-order chi connectivity index (χ1) is 9.08. The maximum absolute atomic E-state index is 12.2. The fourth-order valence-electron chi connectivity index (χ4n) is 2.29. The van der Waals surface area contributed by atoms with Gasteiger partial charge in [-0.05, 0) is 12.8 Å². The van der Waals surface area contributed by atoms with Gasteiger partial charge < -0.3 is 15.3 Å². The average Bonchev–Trinajstić information content (AvgIpc) is 2.65. The molecule has 1 aliphatic heterocycles. The first-order valence-electron chi connectivity index (χ1n) is 6.37. The number of hydrogen-bond acceptors (Lipinski definition) is 3. The number of urea groups is 1. The Bertz CT molecular complexity index is 471. The third kappa shape index (κ3) is 3.24. The van der Waals surface area contributed by atoms with Gasteiger partial charge in [0.25, 0.3) is 0 Å². The molecule has 1 atom stereocenters. The lowest BCUT2D eigenvalue weighted by Crippen LogP contribution is -2.46. The predicted molar refractivity (Wildman–Crippen MR) is 68.8 cm³/mol. The Hall–Kier alpha value is -2.05. The summed E-state index contributed by atoms with van der Waals surface area (Å²) in [7, 11) is 1.75. The number of aliphatic carboxylic acids is 1. The molecule has 0 saturated carbocycles. The standard InChI is InChI=1S/C12H18N4O3/c1-15-8-9(7-13-15)14-12(19)16-6-4-2-3-5-10(16)11(17)18/h7-8,10H,2-6H2,1H3,(H,14,19)(H,17,18). The summed E-state index contributed by atoms with van der Waals surface area (Å²) in [6.45, 7) is 0.475. The Balaban J connectivity index is 2.08. The van der Waals surface area contributed by atoms with Gasteiger partial charge in [0.15, 0.2) is 0 Å². The molecule has 19 heavy (non-hydrogen) atoms. The zero-order chi connectivity index (χ0) is 13.8. The molecule has 1 aromatic heterocycles. The lowest BCUT2D eigenvalue weighted by atomic mass is 10.1. The minimum absolute atomic E-state index is 0.373. The summed E-state index contributed by atoms with van der Waals surface area (Å²) in [6.07, 6.45) is 6.35. The number of carboxylic acid groups (broad SMARTS) is 1. The number of hydrogen-bond donors (Lipinski definition) is 2. The van der Waals surface area contributed by atoms with Gasteiger partial charge in [0.05, 0.1) is 11.9 Å². The molecule has 2 heterocycles. The van der Waals surface area contributed by atoms with Crippen molar-refractivity contribution in [1.29, 1.82) is 0 Å². The molecule has 104 valence electrons. The van der Waals surface area contributed by atoms with Crippen molar-refractivity contribution in [3.05, 3.63) is 12.4 Å². The number of likely N-dealkylation sites (tertiary alicyclic amines) is 1. The van der Waals surface area contributed by atoms with Crippen molar-refractivity contribution in [3.8, 4) is 0 Å². The molecule has 7 nitrogen and oxygen atoms in total. The normalized spacial score (nSPS) is 19.8. The molecule has 2 N–H and O–H groups in total. The molecule has 0 radical (unpaired) electrons. The van der Waals surface area contributed by atoms with Crippen molar-refractivity contribution in [2.75, 3.05) is 11.9 Å². The van der Waals surface area contributed by atoms with Crippen molar-refractivity contribution >= 4 is 17.7 Å². The molecule has 0 spiro atoms. The van der Waals surface area contributed by atoms with Gasteiger partial charge in [0.2, 0.25) is 0 Å². The Labute approximate surface area is 111 Å². The van der Waals surface area contributed by atoms with E-state index in [0.29, 0.717) is 18.7 Å². The second-order valence-electron chi connectivity index (χ2n) is 4.73. The van der Waals surface area contributed by atoms with Crippen LogP contribution in [0.15, 0.2) is 12.4 Å². The van der Waals surface area contributed by atoms with E-state index in [2.05, 4.69) is 10.4 Å². The van der Waals surface area contributed by atoms with E-state index in [-0.39, 0.29) is 6.03 Å². The molecule has 1 aliphatic rings. The van der Waals surface area contributed by atoms with Crippen LogP contribution in [-0.2, 0) is 11.8 Å². The van der Waals surface area contributed by atoms with Crippen LogP contribution in [0.25, 0.3) is 0 Å². The molecule has 1 fully saturated rings. The van der Waals surface area contributed by atoms with Crippen LogP contribution >= 0.6 is 0 Å². The van der Waals surface area contributed by atoms with Crippen molar-refractivity contribution in [2.24, 2.45) is 7.05 Å². The van der Waals surface area contributed by atoms with E-state index in [1.165, 1.54) is 11.1 Å². The number of carboxylic acids is 1. The van der Waals surface area contributed by atoms with E-state index in [0.717, 1.165) is 19.3 Å². The van der Waals surface area contributed by atoms with Gasteiger partial charge in [-0.15, -0.1) is 0 Å². The van der Waals surface area contributed by atoms with Gasteiger partial charge in [-0.3, -0.25) is 4.68 Å². The van der Waals surface area contributed by atoms with Crippen LogP contribution in [0.1, 0.15) is 25.7 Å². The minimum Gasteiger partial charge on any atom is -0.480 e. The van der Waals surface area contributed by atoms with Crippen LogP contribution in [0.2, 0.25) is 0 Å². The minimum atomic E-state index is -0.941. The van der Waals surface area contributed by atoms with Gasteiger partial charge >= 0.3 is 12.0 Å². The summed E-state index contributed by atoms with van der Waals surface area (Å²) in [5.74, 6) is -0.941. The molecule has 0 aliphatic carbocycles. The van der Waals surface area contributed by atoms with Gasteiger partial charge in [-0.1, -0.05) is 12.8 Å². The zero-order valence-corrected chi connectivity index (χ0v) is 10.9. The highest BCUT2D eigenvalue weighted by Gasteiger charge is 2.30. The predicted octanol–water partition coefficient (Wildman–Crippen LogP) is 1.28. The number of aromatic nitrogens is 2. The van der Waals surface area contributed by atoms with Gasteiger partial charge in [-0.2, -0.15) is 5.10 Å². The number of carbonyl (C=O) groups is 2. The van der Waals surface area contributed by atoms with Gasteiger partial charge in [0, 0.05) is 19.8 Å². The number of carbonyl (C=O) groups excluding carboxylic acids is 1. The third-order valence-electron chi connectivity index (χ3n) is 3.25. The average molecular weight is 266 g/mol. The number of rotatable bonds is 2. The number of nitrogens with one attached hydrogen (secondary N) is 1. The molecule has 0 aromatic carbocycles. The van der Waals surface area contributed by atoms with E-state index in [1.807, 2.05) is 0 Å². The number of amides is 2. The van der Waals surface area contributed by atoms with Crippen molar-refractivity contribution in [2.45, 2.75) is 31.7 Å². The lowest BCUT2D eigenvalue weighted by molar-refractivity contribution is -0.142. The fourth-order valence-corrected chi connectivity index (χ4v) is 2.29. The SMILES string of the molecule is Cn1cc(NC(=O)N2CCCCCC2C(=O)O)cn1. The lowest BCUT2D eigenvalue weighted by Gasteiger charge is -2.26.